The van der Waals surface area contributed by atoms with Crippen LogP contribution in [-0.4, -0.2) is 19.2 Å². The summed E-state index contributed by atoms with van der Waals surface area (Å²) in [7, 11) is 1.53. The van der Waals surface area contributed by atoms with E-state index in [4.69, 9.17) is 22.1 Å². The van der Waals surface area contributed by atoms with Gasteiger partial charge in [0.25, 0.3) is 6.02 Å². The Bertz CT molecular complexity index is 417. The molecular weight excluding hydrogens is 224 g/mol. The molecule has 1 unspecified atom stereocenters. The van der Waals surface area contributed by atoms with Gasteiger partial charge >= 0.3 is 0 Å². The Morgan fingerprint density at radius 1 is 1.56 bits per heavy atom. The maximum Gasteiger partial charge on any atom is 0.281 e. The number of nitrogens with two attached hydrogens (primary N) is 1. The highest BCUT2D eigenvalue weighted by Gasteiger charge is 2.20. The predicted molar refractivity (Wildman–Crippen MR) is 65.9 cm³/mol. The van der Waals surface area contributed by atoms with Crippen molar-refractivity contribution in [2.45, 2.75) is 25.3 Å². The maximum absolute atomic E-state index is 6.17. The molecule has 0 saturated carbocycles. The van der Waals surface area contributed by atoms with Crippen molar-refractivity contribution >= 4 is 17.6 Å². The standard InChI is InChI=1S/C12H15ClN2O/c1-16-12(14)15-9-6-5-8-3-2-4-11(13)10(8)7-9/h2-4,9H,5-7H2,1H3,(H2,14,15). The number of amidine groups is 1. The first kappa shape index (κ1) is 11.3. The third-order valence-electron chi connectivity index (χ3n) is 2.92. The molecule has 0 heterocycles. The number of fused-ring (bicyclic) bond motifs is 1. The van der Waals surface area contributed by atoms with E-state index in [9.17, 15) is 0 Å². The minimum atomic E-state index is 0.187. The van der Waals surface area contributed by atoms with Crippen molar-refractivity contribution in [2.24, 2.45) is 10.7 Å². The second kappa shape index (κ2) is 4.74. The second-order valence-corrected chi connectivity index (χ2v) is 4.35. The van der Waals surface area contributed by atoms with Crippen molar-refractivity contribution in [3.8, 4) is 0 Å². The predicted octanol–water partition coefficient (Wildman–Crippen LogP) is 2.16. The topological polar surface area (TPSA) is 47.6 Å². The quantitative estimate of drug-likeness (QED) is 0.602. The molecule has 1 aliphatic rings. The molecule has 4 heteroatoms. The third-order valence-corrected chi connectivity index (χ3v) is 3.28. The summed E-state index contributed by atoms with van der Waals surface area (Å²) in [5.41, 5.74) is 8.09. The van der Waals surface area contributed by atoms with E-state index in [2.05, 4.69) is 11.1 Å². The Morgan fingerprint density at radius 3 is 3.12 bits per heavy atom. The summed E-state index contributed by atoms with van der Waals surface area (Å²) in [6.45, 7) is 0. The van der Waals surface area contributed by atoms with Gasteiger partial charge < -0.3 is 10.5 Å². The Balaban J connectivity index is 2.20. The number of hydrogen-bond acceptors (Lipinski definition) is 2. The normalized spacial score (nSPS) is 20.4. The van der Waals surface area contributed by atoms with Gasteiger partial charge in [-0.2, -0.15) is 0 Å². The van der Waals surface area contributed by atoms with E-state index in [0.29, 0.717) is 0 Å². The molecule has 1 aromatic carbocycles. The van der Waals surface area contributed by atoms with Crippen molar-refractivity contribution in [1.29, 1.82) is 0 Å². The zero-order chi connectivity index (χ0) is 11.5. The van der Waals surface area contributed by atoms with Crippen LogP contribution in [0.25, 0.3) is 0 Å². The summed E-state index contributed by atoms with van der Waals surface area (Å²) in [5, 5.41) is 0.827. The van der Waals surface area contributed by atoms with Gasteiger partial charge in [-0.1, -0.05) is 23.7 Å². The lowest BCUT2D eigenvalue weighted by Crippen LogP contribution is -2.23. The van der Waals surface area contributed by atoms with E-state index in [1.807, 2.05) is 12.1 Å². The molecule has 3 nitrogen and oxygen atoms in total. The van der Waals surface area contributed by atoms with Crippen molar-refractivity contribution in [2.75, 3.05) is 7.11 Å². The van der Waals surface area contributed by atoms with Crippen LogP contribution in [0.2, 0.25) is 5.02 Å². The zero-order valence-corrected chi connectivity index (χ0v) is 10.00. The van der Waals surface area contributed by atoms with Gasteiger partial charge in [0, 0.05) is 5.02 Å². The van der Waals surface area contributed by atoms with Gasteiger partial charge in [-0.15, -0.1) is 0 Å². The molecule has 16 heavy (non-hydrogen) atoms. The van der Waals surface area contributed by atoms with Crippen molar-refractivity contribution < 1.29 is 4.74 Å². The lowest BCUT2D eigenvalue weighted by atomic mass is 9.88. The highest BCUT2D eigenvalue weighted by Crippen LogP contribution is 2.28. The van der Waals surface area contributed by atoms with Crippen LogP contribution in [-0.2, 0) is 17.6 Å². The van der Waals surface area contributed by atoms with Gasteiger partial charge in [0.15, 0.2) is 0 Å². The van der Waals surface area contributed by atoms with Crippen molar-refractivity contribution in [1.82, 2.24) is 0 Å². The molecule has 1 aromatic rings. The SMILES string of the molecule is CO/C(N)=N\C1CCc2cccc(Cl)c2C1. The fourth-order valence-corrected chi connectivity index (χ4v) is 2.34. The summed E-state index contributed by atoms with van der Waals surface area (Å²) in [6.07, 6.45) is 2.84. The second-order valence-electron chi connectivity index (χ2n) is 3.95. The van der Waals surface area contributed by atoms with Gasteiger partial charge in [-0.05, 0) is 36.5 Å². The van der Waals surface area contributed by atoms with E-state index in [-0.39, 0.29) is 12.1 Å². The number of benzene rings is 1. The average Bonchev–Trinajstić information content (AvgIpc) is 2.30. The van der Waals surface area contributed by atoms with E-state index in [1.54, 1.807) is 0 Å². The highest BCUT2D eigenvalue weighted by molar-refractivity contribution is 6.31. The fourth-order valence-electron chi connectivity index (χ4n) is 2.07. The smallest absolute Gasteiger partial charge is 0.281 e. The number of ether oxygens (including phenoxy) is 1. The molecule has 1 atom stereocenters. The first-order valence-electron chi connectivity index (χ1n) is 5.34. The Kier molecular flexibility index (Phi) is 3.34. The minimum Gasteiger partial charge on any atom is -0.469 e. The molecule has 0 aliphatic heterocycles. The monoisotopic (exact) mass is 238 g/mol. The zero-order valence-electron chi connectivity index (χ0n) is 9.24. The van der Waals surface area contributed by atoms with E-state index >= 15 is 0 Å². The minimum absolute atomic E-state index is 0.187. The van der Waals surface area contributed by atoms with Gasteiger partial charge in [0.2, 0.25) is 0 Å². The molecule has 0 saturated heterocycles. The van der Waals surface area contributed by atoms with Crippen molar-refractivity contribution in [3.05, 3.63) is 34.3 Å². The molecule has 0 amide bonds. The summed E-state index contributed by atoms with van der Waals surface area (Å²) in [6, 6.07) is 6.48. The van der Waals surface area contributed by atoms with Crippen LogP contribution in [0.1, 0.15) is 17.5 Å². The number of aryl methyl sites for hydroxylation is 1. The summed E-state index contributed by atoms with van der Waals surface area (Å²) in [4.78, 5) is 4.31. The highest BCUT2D eigenvalue weighted by atomic mass is 35.5. The molecule has 2 rings (SSSR count). The number of nitrogens with zero attached hydrogens (tertiary/aromatic N) is 1. The van der Waals surface area contributed by atoms with E-state index in [1.165, 1.54) is 18.2 Å². The molecule has 0 radical (unpaired) electrons. The fraction of sp³-hybridized carbons (Fsp3) is 0.417. The van der Waals surface area contributed by atoms with E-state index < -0.39 is 0 Å². The van der Waals surface area contributed by atoms with Gasteiger partial charge in [-0.3, -0.25) is 0 Å². The summed E-state index contributed by atoms with van der Waals surface area (Å²) >= 11 is 6.17. The van der Waals surface area contributed by atoms with Crippen LogP contribution >= 0.6 is 11.6 Å². The van der Waals surface area contributed by atoms with Crippen LogP contribution in [0, 0.1) is 0 Å². The third kappa shape index (κ3) is 2.30. The molecule has 0 fully saturated rings. The largest absolute Gasteiger partial charge is 0.469 e. The molecule has 2 N–H and O–H groups in total. The van der Waals surface area contributed by atoms with Crippen molar-refractivity contribution in [3.63, 3.8) is 0 Å². The molecule has 0 spiro atoms. The first-order valence-corrected chi connectivity index (χ1v) is 5.72. The molecule has 1 aliphatic carbocycles. The maximum atomic E-state index is 6.17. The molecule has 86 valence electrons. The summed E-state index contributed by atoms with van der Waals surface area (Å²) < 4.78 is 4.87. The Hall–Kier alpha value is -1.22. The van der Waals surface area contributed by atoms with Gasteiger partial charge in [-0.25, -0.2) is 4.99 Å². The molecule has 0 bridgehead atoms. The Morgan fingerprint density at radius 2 is 2.38 bits per heavy atom. The van der Waals surface area contributed by atoms with Crippen LogP contribution in [0.4, 0.5) is 0 Å². The number of hydrogen-bond donors (Lipinski definition) is 1. The first-order chi connectivity index (χ1) is 7.70. The van der Waals surface area contributed by atoms with Crippen LogP contribution in [0.15, 0.2) is 23.2 Å². The van der Waals surface area contributed by atoms with Crippen LogP contribution in [0.3, 0.4) is 0 Å². The van der Waals surface area contributed by atoms with E-state index in [0.717, 1.165) is 24.3 Å². The molecule has 0 aromatic heterocycles. The number of halogens is 1. The lowest BCUT2D eigenvalue weighted by molar-refractivity contribution is 0.388. The average molecular weight is 239 g/mol. The Labute approximate surface area is 100 Å². The number of aliphatic imine (C=N–C) groups is 1. The van der Waals surface area contributed by atoms with Gasteiger partial charge in [0.1, 0.15) is 0 Å². The number of methoxy groups -OCH3 is 1. The lowest BCUT2D eigenvalue weighted by Gasteiger charge is -2.22. The molecular formula is C12H15ClN2O. The summed E-state index contributed by atoms with van der Waals surface area (Å²) in [5.74, 6) is 0. The number of rotatable bonds is 1. The van der Waals surface area contributed by atoms with Crippen LogP contribution in [0.5, 0.6) is 0 Å². The van der Waals surface area contributed by atoms with Gasteiger partial charge in [0.05, 0.1) is 13.2 Å². The van der Waals surface area contributed by atoms with Crippen LogP contribution < -0.4 is 5.73 Å².